The topological polar surface area (TPSA) is 63.3 Å². The molecule has 0 heterocycles. The van der Waals surface area contributed by atoms with E-state index in [0.29, 0.717) is 0 Å². The second kappa shape index (κ2) is 15.7. The average Bonchev–Trinajstić information content (AvgIpc) is 1.72. The summed E-state index contributed by atoms with van der Waals surface area (Å²) in [6.07, 6.45) is 1.84. The Bertz CT molecular complexity index is 79.1. The van der Waals surface area contributed by atoms with Gasteiger partial charge in [-0.25, -0.2) is 4.79 Å². The van der Waals surface area contributed by atoms with Gasteiger partial charge in [-0.1, -0.05) is 21.3 Å². The molecule has 0 aliphatic carbocycles. The van der Waals surface area contributed by atoms with Crippen LogP contribution in [0.2, 0.25) is 0 Å². The van der Waals surface area contributed by atoms with E-state index in [1.54, 1.807) is 0 Å². The lowest BCUT2D eigenvalue weighted by Gasteiger charge is -1.69. The van der Waals surface area contributed by atoms with E-state index in [1.165, 1.54) is 0 Å². The second-order valence-electron chi connectivity index (χ2n) is 0.697. The Morgan fingerprint density at radius 1 is 1.56 bits per heavy atom. The molecule has 0 saturated heterocycles. The van der Waals surface area contributed by atoms with Crippen LogP contribution < -0.4 is 5.73 Å². The predicted molar refractivity (Wildman–Crippen MR) is 39.0 cm³/mol. The average molecular weight is 133 g/mol. The Labute approximate surface area is 56.2 Å². The van der Waals surface area contributed by atoms with Crippen LogP contribution in [0.3, 0.4) is 0 Å². The number of hydrogen-bond acceptors (Lipinski definition) is 2. The first-order chi connectivity index (χ1) is 3.77. The Balaban J connectivity index is -0.000000109. The van der Waals surface area contributed by atoms with E-state index in [-0.39, 0.29) is 7.43 Å². The summed E-state index contributed by atoms with van der Waals surface area (Å²) in [4.78, 5) is 9.43. The second-order valence-corrected chi connectivity index (χ2v) is 0.697. The zero-order valence-corrected chi connectivity index (χ0v) is 5.09. The van der Waals surface area contributed by atoms with Gasteiger partial charge in [0.1, 0.15) is 0 Å². The van der Waals surface area contributed by atoms with Crippen molar-refractivity contribution < 1.29 is 9.90 Å². The van der Waals surface area contributed by atoms with Crippen LogP contribution in [0.1, 0.15) is 21.3 Å². The first-order valence-electron chi connectivity index (χ1n) is 2.38. The SMILES string of the molecule is C.CC.N/C=C\C(=O)O. The van der Waals surface area contributed by atoms with Crippen molar-refractivity contribution in [2.24, 2.45) is 5.73 Å². The van der Waals surface area contributed by atoms with Gasteiger partial charge in [-0.2, -0.15) is 0 Å². The number of carboxylic acids is 1. The molecule has 0 aromatic heterocycles. The Hall–Kier alpha value is -0.990. The smallest absolute Gasteiger partial charge is 0.329 e. The summed E-state index contributed by atoms with van der Waals surface area (Å²) in [5, 5.41) is 7.75. The minimum absolute atomic E-state index is 0. The van der Waals surface area contributed by atoms with E-state index in [0.717, 1.165) is 12.3 Å². The summed E-state index contributed by atoms with van der Waals surface area (Å²) in [6, 6.07) is 0. The first kappa shape index (κ1) is 15.7. The van der Waals surface area contributed by atoms with Crippen LogP contribution in [0.4, 0.5) is 0 Å². The van der Waals surface area contributed by atoms with Gasteiger partial charge in [0.2, 0.25) is 0 Å². The molecule has 0 aliphatic heterocycles. The summed E-state index contributed by atoms with van der Waals surface area (Å²) < 4.78 is 0. The third kappa shape index (κ3) is 43.6. The molecule has 9 heavy (non-hydrogen) atoms. The van der Waals surface area contributed by atoms with E-state index < -0.39 is 5.97 Å². The lowest BCUT2D eigenvalue weighted by Crippen LogP contribution is -1.88. The molecule has 0 spiro atoms. The molecule has 0 aromatic carbocycles. The molecule has 0 amide bonds. The number of aliphatic carboxylic acids is 1. The van der Waals surface area contributed by atoms with Crippen molar-refractivity contribution >= 4 is 5.97 Å². The van der Waals surface area contributed by atoms with E-state index in [4.69, 9.17) is 5.11 Å². The molecule has 0 aliphatic rings. The molecule has 0 atom stereocenters. The molecule has 0 unspecified atom stereocenters. The molecular weight excluding hydrogens is 118 g/mol. The van der Waals surface area contributed by atoms with Gasteiger partial charge in [-0.05, 0) is 0 Å². The van der Waals surface area contributed by atoms with Gasteiger partial charge in [-0.15, -0.1) is 0 Å². The summed E-state index contributed by atoms with van der Waals surface area (Å²) in [7, 11) is 0. The van der Waals surface area contributed by atoms with E-state index in [9.17, 15) is 4.79 Å². The molecule has 0 radical (unpaired) electrons. The van der Waals surface area contributed by atoms with Gasteiger partial charge in [0.05, 0.1) is 0 Å². The Kier molecular flexibility index (Phi) is 27.4. The summed E-state index contributed by atoms with van der Waals surface area (Å²) >= 11 is 0. The molecule has 56 valence electrons. The molecule has 3 nitrogen and oxygen atoms in total. The van der Waals surface area contributed by atoms with Gasteiger partial charge < -0.3 is 10.8 Å². The molecule has 0 fully saturated rings. The molecule has 0 aromatic rings. The van der Waals surface area contributed by atoms with Crippen LogP contribution in [-0.2, 0) is 4.79 Å². The standard InChI is InChI=1S/C3H5NO2.C2H6.CH4/c4-2-1-3(5)6;1-2;/h1-2H,4H2,(H,5,6);1-2H3;1H4/b2-1-;;. The third-order valence-electron chi connectivity index (χ3n) is 0.239. The third-order valence-corrected chi connectivity index (χ3v) is 0.239. The van der Waals surface area contributed by atoms with Crippen molar-refractivity contribution in [2.45, 2.75) is 21.3 Å². The summed E-state index contributed by atoms with van der Waals surface area (Å²) in [5.74, 6) is -1.02. The van der Waals surface area contributed by atoms with Crippen molar-refractivity contribution in [1.82, 2.24) is 0 Å². The molecule has 3 heteroatoms. The van der Waals surface area contributed by atoms with Crippen LogP contribution in [0.15, 0.2) is 12.3 Å². The highest BCUT2D eigenvalue weighted by Gasteiger charge is 1.77. The van der Waals surface area contributed by atoms with Crippen molar-refractivity contribution in [1.29, 1.82) is 0 Å². The van der Waals surface area contributed by atoms with Crippen LogP contribution >= 0.6 is 0 Å². The summed E-state index contributed by atoms with van der Waals surface area (Å²) in [6.45, 7) is 4.00. The molecule has 0 saturated carbocycles. The van der Waals surface area contributed by atoms with Gasteiger partial charge in [0.15, 0.2) is 0 Å². The van der Waals surface area contributed by atoms with E-state index in [2.05, 4.69) is 5.73 Å². The molecule has 3 N–H and O–H groups in total. The lowest BCUT2D eigenvalue weighted by atomic mass is 10.6. The quantitative estimate of drug-likeness (QED) is 0.528. The molecule has 0 bridgehead atoms. The van der Waals surface area contributed by atoms with E-state index in [1.807, 2.05) is 13.8 Å². The zero-order valence-electron chi connectivity index (χ0n) is 5.09. The van der Waals surface area contributed by atoms with Gasteiger partial charge >= 0.3 is 5.97 Å². The largest absolute Gasteiger partial charge is 0.478 e. The van der Waals surface area contributed by atoms with Crippen LogP contribution in [-0.4, -0.2) is 11.1 Å². The number of carboxylic acid groups (broad SMARTS) is 1. The highest BCUT2D eigenvalue weighted by atomic mass is 16.4. The summed E-state index contributed by atoms with van der Waals surface area (Å²) in [5.41, 5.74) is 4.67. The van der Waals surface area contributed by atoms with Gasteiger partial charge in [-0.3, -0.25) is 0 Å². The fraction of sp³-hybridized carbons (Fsp3) is 0.500. The minimum atomic E-state index is -1.02. The minimum Gasteiger partial charge on any atom is -0.478 e. The Morgan fingerprint density at radius 2 is 1.89 bits per heavy atom. The number of nitrogens with two attached hydrogens (primary N) is 1. The van der Waals surface area contributed by atoms with Crippen molar-refractivity contribution in [3.05, 3.63) is 12.3 Å². The lowest BCUT2D eigenvalue weighted by molar-refractivity contribution is -0.131. The number of hydrogen-bond donors (Lipinski definition) is 2. The number of rotatable bonds is 1. The zero-order chi connectivity index (χ0) is 6.99. The van der Waals surface area contributed by atoms with Crippen molar-refractivity contribution in [3.8, 4) is 0 Å². The van der Waals surface area contributed by atoms with Gasteiger partial charge in [0.25, 0.3) is 0 Å². The highest BCUT2D eigenvalue weighted by Crippen LogP contribution is 1.59. The number of carbonyl (C=O) groups is 1. The van der Waals surface area contributed by atoms with E-state index >= 15 is 0 Å². The molecular formula is C6H15NO2. The predicted octanol–water partition coefficient (Wildman–Crippen LogP) is 1.21. The highest BCUT2D eigenvalue weighted by molar-refractivity contribution is 5.79. The maximum absolute atomic E-state index is 9.43. The normalized spacial score (nSPS) is 6.89. The van der Waals surface area contributed by atoms with Crippen molar-refractivity contribution in [3.63, 3.8) is 0 Å². The van der Waals surface area contributed by atoms with Crippen molar-refractivity contribution in [2.75, 3.05) is 0 Å². The first-order valence-corrected chi connectivity index (χ1v) is 2.38. The fourth-order valence-electron chi connectivity index (χ4n) is 0.0823. The van der Waals surface area contributed by atoms with Crippen LogP contribution in [0, 0.1) is 0 Å². The maximum atomic E-state index is 9.43. The van der Waals surface area contributed by atoms with Gasteiger partial charge in [0, 0.05) is 12.3 Å². The monoisotopic (exact) mass is 133 g/mol. The Morgan fingerprint density at radius 3 is 1.89 bits per heavy atom. The van der Waals surface area contributed by atoms with Crippen LogP contribution in [0.5, 0.6) is 0 Å². The maximum Gasteiger partial charge on any atom is 0.329 e. The van der Waals surface area contributed by atoms with Crippen LogP contribution in [0.25, 0.3) is 0 Å². The molecule has 0 rings (SSSR count). The fourth-order valence-corrected chi connectivity index (χ4v) is 0.0823.